The standard InChI is InChI=1S/C22H31FO3/c1-13(24)26-22(4)12-8-16-14-5-6-17-19(23)18(25)9-10-20(17,2)15(14)7-11-21(16,22)3/h14-16H,5-12H2,1-4H3/t14-,15+,16+,20-,21+,22+/m1/s1. The molecule has 0 bridgehead atoms. The Hall–Kier alpha value is -1.19. The first-order valence-electron chi connectivity index (χ1n) is 10.2. The van der Waals surface area contributed by atoms with Crippen LogP contribution in [0.5, 0.6) is 0 Å². The molecule has 0 aromatic carbocycles. The molecule has 0 saturated heterocycles. The van der Waals surface area contributed by atoms with Crippen LogP contribution >= 0.6 is 0 Å². The fourth-order valence-corrected chi connectivity index (χ4v) is 7.36. The highest BCUT2D eigenvalue weighted by Gasteiger charge is 2.64. The van der Waals surface area contributed by atoms with Crippen LogP contribution < -0.4 is 0 Å². The van der Waals surface area contributed by atoms with E-state index in [0.29, 0.717) is 30.6 Å². The van der Waals surface area contributed by atoms with Gasteiger partial charge >= 0.3 is 5.97 Å². The van der Waals surface area contributed by atoms with E-state index < -0.39 is 5.83 Å². The zero-order valence-electron chi connectivity index (χ0n) is 16.5. The van der Waals surface area contributed by atoms with Crippen LogP contribution in [0.15, 0.2) is 11.4 Å². The first kappa shape index (κ1) is 18.2. The van der Waals surface area contributed by atoms with Crippen molar-refractivity contribution in [2.24, 2.45) is 28.6 Å². The van der Waals surface area contributed by atoms with Crippen molar-refractivity contribution in [2.45, 2.75) is 84.7 Å². The second kappa shape index (κ2) is 5.65. The summed E-state index contributed by atoms with van der Waals surface area (Å²) in [6.07, 6.45) is 6.87. The number of Topliss-reactive ketones (excluding diaryl/α,β-unsaturated/α-hetero) is 1. The summed E-state index contributed by atoms with van der Waals surface area (Å²) < 4.78 is 20.5. The number of fused-ring (bicyclic) bond motifs is 5. The van der Waals surface area contributed by atoms with Crippen molar-refractivity contribution in [3.8, 4) is 0 Å². The van der Waals surface area contributed by atoms with Crippen molar-refractivity contribution >= 4 is 11.8 Å². The molecule has 6 atom stereocenters. The number of ketones is 1. The zero-order chi connectivity index (χ0) is 18.9. The van der Waals surface area contributed by atoms with E-state index in [0.717, 1.165) is 44.1 Å². The van der Waals surface area contributed by atoms with Crippen LogP contribution in [-0.2, 0) is 14.3 Å². The van der Waals surface area contributed by atoms with Crippen LogP contribution in [0.3, 0.4) is 0 Å². The average molecular weight is 362 g/mol. The normalized spacial score (nSPS) is 47.9. The third-order valence-corrected chi connectivity index (χ3v) is 8.95. The molecule has 3 saturated carbocycles. The van der Waals surface area contributed by atoms with E-state index in [9.17, 15) is 14.0 Å². The van der Waals surface area contributed by atoms with Gasteiger partial charge in [0.05, 0.1) is 0 Å². The lowest BCUT2D eigenvalue weighted by atomic mass is 9.46. The number of hydrogen-bond donors (Lipinski definition) is 0. The minimum Gasteiger partial charge on any atom is -0.459 e. The van der Waals surface area contributed by atoms with Gasteiger partial charge in [0, 0.05) is 18.8 Å². The Kier molecular flexibility index (Phi) is 3.95. The molecular weight excluding hydrogens is 331 g/mol. The van der Waals surface area contributed by atoms with Crippen molar-refractivity contribution in [2.75, 3.05) is 0 Å². The molecule has 0 amide bonds. The van der Waals surface area contributed by atoms with Crippen LogP contribution in [0.25, 0.3) is 0 Å². The summed E-state index contributed by atoms with van der Waals surface area (Å²) in [7, 11) is 0. The second-order valence-corrected chi connectivity index (χ2v) is 9.87. The molecule has 26 heavy (non-hydrogen) atoms. The van der Waals surface area contributed by atoms with Crippen molar-refractivity contribution in [1.82, 2.24) is 0 Å². The molecule has 0 N–H and O–H groups in total. The average Bonchev–Trinajstić information content (AvgIpc) is 2.82. The third kappa shape index (κ3) is 2.23. The van der Waals surface area contributed by atoms with Gasteiger partial charge < -0.3 is 4.74 Å². The Bertz CT molecular complexity index is 698. The quantitative estimate of drug-likeness (QED) is 0.607. The maximum atomic E-state index is 14.6. The molecule has 0 heterocycles. The van der Waals surface area contributed by atoms with E-state index in [1.807, 2.05) is 0 Å². The minimum atomic E-state index is -0.429. The molecular formula is C22H31FO3. The number of rotatable bonds is 1. The van der Waals surface area contributed by atoms with E-state index in [4.69, 9.17) is 4.74 Å². The molecule has 0 radical (unpaired) electrons. The monoisotopic (exact) mass is 362 g/mol. The van der Waals surface area contributed by atoms with E-state index in [1.54, 1.807) is 0 Å². The van der Waals surface area contributed by atoms with Gasteiger partial charge in [-0.25, -0.2) is 4.39 Å². The summed E-state index contributed by atoms with van der Waals surface area (Å²) in [4.78, 5) is 23.6. The minimum absolute atomic E-state index is 0.000442. The van der Waals surface area contributed by atoms with Gasteiger partial charge in [-0.3, -0.25) is 9.59 Å². The molecule has 4 aliphatic rings. The number of esters is 1. The van der Waals surface area contributed by atoms with E-state index in [2.05, 4.69) is 20.8 Å². The Morgan fingerprint density at radius 3 is 2.42 bits per heavy atom. The first-order chi connectivity index (χ1) is 12.1. The summed E-state index contributed by atoms with van der Waals surface area (Å²) in [5, 5.41) is 0. The Morgan fingerprint density at radius 1 is 1.04 bits per heavy atom. The van der Waals surface area contributed by atoms with Gasteiger partial charge in [-0.2, -0.15) is 0 Å². The van der Waals surface area contributed by atoms with E-state index in [1.165, 1.54) is 6.92 Å². The van der Waals surface area contributed by atoms with Crippen molar-refractivity contribution < 1.29 is 18.7 Å². The lowest BCUT2D eigenvalue weighted by Crippen LogP contribution is -2.55. The van der Waals surface area contributed by atoms with Gasteiger partial charge in [0.1, 0.15) is 5.60 Å². The first-order valence-corrected chi connectivity index (χ1v) is 10.2. The second-order valence-electron chi connectivity index (χ2n) is 9.87. The molecule has 0 aliphatic heterocycles. The SMILES string of the molecule is CC(=O)O[C@@]1(C)CC[C@H]2[C@@H]3CCC4=C(F)C(=O)CC[C@]4(C)[C@H]3CC[C@@]21C. The molecule has 0 aromatic heterocycles. The molecule has 3 fully saturated rings. The number of hydrogen-bond acceptors (Lipinski definition) is 3. The largest absolute Gasteiger partial charge is 0.459 e. The van der Waals surface area contributed by atoms with Gasteiger partial charge in [-0.1, -0.05) is 13.8 Å². The summed E-state index contributed by atoms with van der Waals surface area (Å²) in [6.45, 7) is 8.13. The fraction of sp³-hybridized carbons (Fsp3) is 0.818. The number of halogens is 1. The predicted octanol–water partition coefficient (Wildman–Crippen LogP) is 5.14. The lowest BCUT2D eigenvalue weighted by molar-refractivity contribution is -0.177. The van der Waals surface area contributed by atoms with Crippen LogP contribution in [0, 0.1) is 28.6 Å². The Labute approximate surface area is 155 Å². The predicted molar refractivity (Wildman–Crippen MR) is 96.9 cm³/mol. The highest BCUT2D eigenvalue weighted by atomic mass is 19.1. The fourth-order valence-electron chi connectivity index (χ4n) is 7.36. The van der Waals surface area contributed by atoms with Crippen molar-refractivity contribution in [3.63, 3.8) is 0 Å². The Balaban J connectivity index is 1.68. The number of carbonyl (C=O) groups excluding carboxylic acids is 2. The van der Waals surface area contributed by atoms with Crippen molar-refractivity contribution in [1.29, 1.82) is 0 Å². The topological polar surface area (TPSA) is 43.4 Å². The summed E-state index contributed by atoms with van der Waals surface area (Å²) in [5.41, 5.74) is 0.252. The highest BCUT2D eigenvalue weighted by molar-refractivity contribution is 5.95. The van der Waals surface area contributed by atoms with Crippen LogP contribution in [0.1, 0.15) is 79.1 Å². The van der Waals surface area contributed by atoms with Crippen LogP contribution in [-0.4, -0.2) is 17.4 Å². The summed E-state index contributed by atoms with van der Waals surface area (Å²) in [5.74, 6) is 0.597. The smallest absolute Gasteiger partial charge is 0.303 e. The maximum absolute atomic E-state index is 14.6. The van der Waals surface area contributed by atoms with Gasteiger partial charge in [-0.05, 0) is 80.6 Å². The number of allylic oxidation sites excluding steroid dienone is 1. The maximum Gasteiger partial charge on any atom is 0.303 e. The zero-order valence-corrected chi connectivity index (χ0v) is 16.5. The third-order valence-electron chi connectivity index (χ3n) is 8.95. The lowest BCUT2D eigenvalue weighted by Gasteiger charge is -2.59. The number of ether oxygens (including phenoxy) is 1. The van der Waals surface area contributed by atoms with Gasteiger partial charge in [0.15, 0.2) is 11.6 Å². The molecule has 3 nitrogen and oxygen atoms in total. The van der Waals surface area contributed by atoms with E-state index >= 15 is 0 Å². The van der Waals surface area contributed by atoms with Gasteiger partial charge in [0.2, 0.25) is 0 Å². The molecule has 4 rings (SSSR count). The number of carbonyl (C=O) groups is 2. The van der Waals surface area contributed by atoms with Crippen LogP contribution in [0.4, 0.5) is 4.39 Å². The van der Waals surface area contributed by atoms with Gasteiger partial charge in [-0.15, -0.1) is 0 Å². The Morgan fingerprint density at radius 2 is 1.73 bits per heavy atom. The summed E-state index contributed by atoms with van der Waals surface area (Å²) >= 11 is 0. The molecule has 4 heteroatoms. The molecule has 0 spiro atoms. The highest BCUT2D eigenvalue weighted by Crippen LogP contribution is 2.68. The van der Waals surface area contributed by atoms with E-state index in [-0.39, 0.29) is 28.2 Å². The van der Waals surface area contributed by atoms with Gasteiger partial charge in [0.25, 0.3) is 0 Å². The summed E-state index contributed by atoms with van der Waals surface area (Å²) in [6, 6.07) is 0. The molecule has 144 valence electrons. The molecule has 0 aromatic rings. The molecule has 0 unspecified atom stereocenters. The molecule has 4 aliphatic carbocycles. The van der Waals surface area contributed by atoms with Crippen molar-refractivity contribution in [3.05, 3.63) is 11.4 Å². The van der Waals surface area contributed by atoms with Crippen LogP contribution in [0.2, 0.25) is 0 Å².